The molecule has 0 amide bonds. The summed E-state index contributed by atoms with van der Waals surface area (Å²) in [6.45, 7) is 6.99. The Balaban J connectivity index is 1.42. The van der Waals surface area contributed by atoms with Crippen molar-refractivity contribution in [3.8, 4) is 11.6 Å². The van der Waals surface area contributed by atoms with Crippen LogP contribution in [0.15, 0.2) is 48.8 Å². The van der Waals surface area contributed by atoms with E-state index in [2.05, 4.69) is 20.0 Å². The fraction of sp³-hybridized carbons (Fsp3) is 0.448. The Morgan fingerprint density at radius 2 is 1.93 bits per heavy atom. The van der Waals surface area contributed by atoms with Crippen LogP contribution in [0.2, 0.25) is 0 Å². The Labute approximate surface area is 257 Å². The Hall–Kier alpha value is -3.75. The van der Waals surface area contributed by atoms with Crippen LogP contribution in [0.4, 0.5) is 8.78 Å². The highest BCUT2D eigenvalue weighted by molar-refractivity contribution is 7.52. The molecule has 1 aliphatic heterocycles. The number of aromatic nitrogens is 4. The van der Waals surface area contributed by atoms with Crippen molar-refractivity contribution in [1.82, 2.24) is 24.6 Å². The van der Waals surface area contributed by atoms with E-state index in [4.69, 9.17) is 23.3 Å². The molecule has 13 nitrogen and oxygen atoms in total. The number of imidazole rings is 1. The highest BCUT2D eigenvalue weighted by atomic mass is 31.2. The average molecular weight is 650 g/mol. The topological polar surface area (TPSA) is 156 Å². The van der Waals surface area contributed by atoms with Crippen molar-refractivity contribution in [2.45, 2.75) is 71.1 Å². The number of nitrogens with zero attached hydrogens (tertiary/aromatic N) is 4. The summed E-state index contributed by atoms with van der Waals surface area (Å²) in [4.78, 5) is 25.2. The normalized spacial score (nSPS) is 23.7. The second-order valence-electron chi connectivity index (χ2n) is 10.7. The third-order valence-electron chi connectivity index (χ3n) is 6.85. The number of rotatable bonds is 12. The third-order valence-corrected chi connectivity index (χ3v) is 8.46. The van der Waals surface area contributed by atoms with E-state index in [0.29, 0.717) is 5.39 Å². The molecule has 2 unspecified atom stereocenters. The van der Waals surface area contributed by atoms with Crippen molar-refractivity contribution in [2.24, 2.45) is 0 Å². The van der Waals surface area contributed by atoms with Gasteiger partial charge in [0.1, 0.15) is 24.2 Å². The quantitative estimate of drug-likeness (QED) is 0.161. The minimum absolute atomic E-state index is 0.0834. The van der Waals surface area contributed by atoms with Crippen molar-refractivity contribution in [2.75, 3.05) is 13.2 Å². The molecule has 5 rings (SSSR count). The van der Waals surface area contributed by atoms with E-state index in [-0.39, 0.29) is 35.2 Å². The maximum Gasteiger partial charge on any atom is 0.459 e. The standard InChI is InChI=1S/C29H34F2N5O8P/c1-6-40-26-23-25(33-18(5)34-26)36(15-32-23)27-22(30)24(37)29(31,43-27)14-41-45(39,35-17(4)28(38)42-16(2)3)44-21-13-9-11-19-10-7-8-12-20(19)21/h7-13,15-17,22,24,27,37H,6,14H2,1-5H3,(H,35,39)/t17?,22-,24+,27-,29-,45?/m1/s1. The van der Waals surface area contributed by atoms with Gasteiger partial charge >= 0.3 is 13.7 Å². The number of carbonyl (C=O) groups excluding carboxylic acids is 1. The van der Waals surface area contributed by atoms with Gasteiger partial charge in [0.2, 0.25) is 5.88 Å². The first kappa shape index (κ1) is 32.6. The number of halogens is 2. The van der Waals surface area contributed by atoms with Crippen molar-refractivity contribution < 1.29 is 46.5 Å². The van der Waals surface area contributed by atoms with Crippen molar-refractivity contribution in [3.63, 3.8) is 0 Å². The number of alkyl halides is 2. The molecule has 2 aromatic carbocycles. The number of ether oxygens (including phenoxy) is 3. The molecule has 4 aromatic rings. The smallest absolute Gasteiger partial charge is 0.459 e. The number of aliphatic hydroxyl groups is 1. The second-order valence-corrected chi connectivity index (χ2v) is 12.4. The van der Waals surface area contributed by atoms with Crippen LogP contribution in [-0.2, 0) is 23.4 Å². The number of esters is 1. The monoisotopic (exact) mass is 649 g/mol. The number of carbonyl (C=O) groups is 1. The van der Waals surface area contributed by atoms with Gasteiger partial charge in [0.15, 0.2) is 29.7 Å². The van der Waals surface area contributed by atoms with Gasteiger partial charge in [-0.2, -0.15) is 10.1 Å². The minimum Gasteiger partial charge on any atom is -0.476 e. The van der Waals surface area contributed by atoms with Crippen LogP contribution >= 0.6 is 7.75 Å². The zero-order chi connectivity index (χ0) is 32.5. The molecule has 1 aliphatic rings. The van der Waals surface area contributed by atoms with Crippen LogP contribution in [0.25, 0.3) is 21.9 Å². The van der Waals surface area contributed by atoms with Crippen LogP contribution in [0, 0.1) is 6.92 Å². The summed E-state index contributed by atoms with van der Waals surface area (Å²) in [5.74, 6) is -3.47. The first-order valence-electron chi connectivity index (χ1n) is 14.3. The van der Waals surface area contributed by atoms with Gasteiger partial charge in [0, 0.05) is 5.39 Å². The molecule has 16 heteroatoms. The lowest BCUT2D eigenvalue weighted by atomic mass is 10.1. The number of benzene rings is 2. The lowest BCUT2D eigenvalue weighted by Gasteiger charge is -2.28. The number of aryl methyl sites for hydroxylation is 1. The predicted octanol–water partition coefficient (Wildman–Crippen LogP) is 4.71. The van der Waals surface area contributed by atoms with E-state index < -0.39 is 56.8 Å². The third kappa shape index (κ3) is 6.77. The molecular weight excluding hydrogens is 615 g/mol. The molecule has 0 spiro atoms. The molecule has 0 bridgehead atoms. The fourth-order valence-electron chi connectivity index (χ4n) is 4.77. The molecule has 1 saturated heterocycles. The zero-order valence-corrected chi connectivity index (χ0v) is 26.1. The predicted molar refractivity (Wildman–Crippen MR) is 158 cm³/mol. The minimum atomic E-state index is -4.64. The number of hydrogen-bond acceptors (Lipinski definition) is 11. The molecule has 45 heavy (non-hydrogen) atoms. The van der Waals surface area contributed by atoms with Gasteiger partial charge in [0.05, 0.1) is 19.0 Å². The van der Waals surface area contributed by atoms with Gasteiger partial charge in [-0.05, 0) is 46.1 Å². The summed E-state index contributed by atoms with van der Waals surface area (Å²) in [7, 11) is -4.64. The molecular formula is C29H34F2N5O8P. The average Bonchev–Trinajstić information content (AvgIpc) is 3.50. The van der Waals surface area contributed by atoms with Gasteiger partial charge in [-0.15, -0.1) is 0 Å². The molecule has 3 heterocycles. The molecule has 2 N–H and O–H groups in total. The summed E-state index contributed by atoms with van der Waals surface area (Å²) >= 11 is 0. The largest absolute Gasteiger partial charge is 0.476 e. The Morgan fingerprint density at radius 1 is 1.20 bits per heavy atom. The summed E-state index contributed by atoms with van der Waals surface area (Å²) in [5.41, 5.74) is 0.264. The van der Waals surface area contributed by atoms with Crippen LogP contribution in [-0.4, -0.2) is 74.1 Å². The maximum atomic E-state index is 16.2. The first-order chi connectivity index (χ1) is 21.3. The van der Waals surface area contributed by atoms with Crippen molar-refractivity contribution in [1.29, 1.82) is 0 Å². The first-order valence-corrected chi connectivity index (χ1v) is 15.8. The van der Waals surface area contributed by atoms with E-state index >= 15 is 8.78 Å². The number of fused-ring (bicyclic) bond motifs is 2. The SMILES string of the molecule is CCOc1nc(C)nc2c1ncn2[C@@H]1O[C@](F)(COP(=O)(NC(C)C(=O)OC(C)C)Oc2cccc3ccccc23)[C@@H](O)[C@H]1F. The Morgan fingerprint density at radius 3 is 2.67 bits per heavy atom. The van der Waals surface area contributed by atoms with E-state index in [1.54, 1.807) is 64.1 Å². The van der Waals surface area contributed by atoms with E-state index in [1.807, 2.05) is 0 Å². The second kappa shape index (κ2) is 12.9. The van der Waals surface area contributed by atoms with Gasteiger partial charge in [-0.3, -0.25) is 13.9 Å². The van der Waals surface area contributed by atoms with Gasteiger partial charge < -0.3 is 23.8 Å². The molecule has 0 saturated carbocycles. The van der Waals surface area contributed by atoms with E-state index in [9.17, 15) is 14.5 Å². The summed E-state index contributed by atoms with van der Waals surface area (Å²) in [6.07, 6.45) is -5.77. The Kier molecular flexibility index (Phi) is 9.38. The molecule has 2 aromatic heterocycles. The maximum absolute atomic E-state index is 16.2. The van der Waals surface area contributed by atoms with Gasteiger partial charge in [0.25, 0.3) is 5.85 Å². The van der Waals surface area contributed by atoms with Crippen LogP contribution < -0.4 is 14.3 Å². The van der Waals surface area contributed by atoms with E-state index in [1.165, 1.54) is 13.0 Å². The van der Waals surface area contributed by atoms with Gasteiger partial charge in [-0.1, -0.05) is 36.4 Å². The lowest BCUT2D eigenvalue weighted by Crippen LogP contribution is -2.43. The highest BCUT2D eigenvalue weighted by Crippen LogP contribution is 2.50. The summed E-state index contributed by atoms with van der Waals surface area (Å²) in [6, 6.07) is 10.8. The lowest BCUT2D eigenvalue weighted by molar-refractivity contribution is -0.202. The molecule has 242 valence electrons. The highest BCUT2D eigenvalue weighted by Gasteiger charge is 2.58. The van der Waals surface area contributed by atoms with Crippen molar-refractivity contribution in [3.05, 3.63) is 54.6 Å². The number of aliphatic hydroxyl groups excluding tert-OH is 1. The fourth-order valence-corrected chi connectivity index (χ4v) is 6.29. The summed E-state index contributed by atoms with van der Waals surface area (Å²) in [5, 5.41) is 14.4. The zero-order valence-electron chi connectivity index (χ0n) is 25.2. The summed E-state index contributed by atoms with van der Waals surface area (Å²) < 4.78 is 74.3. The van der Waals surface area contributed by atoms with Gasteiger partial charge in [-0.25, -0.2) is 23.3 Å². The number of hydrogen-bond donors (Lipinski definition) is 2. The van der Waals surface area contributed by atoms with E-state index in [0.717, 1.165) is 16.3 Å². The Bertz CT molecular complexity index is 1740. The van der Waals surface area contributed by atoms with Crippen LogP contribution in [0.5, 0.6) is 11.6 Å². The molecule has 1 fully saturated rings. The molecule has 0 radical (unpaired) electrons. The van der Waals surface area contributed by atoms with Crippen LogP contribution in [0.1, 0.15) is 39.7 Å². The molecule has 0 aliphatic carbocycles. The van der Waals surface area contributed by atoms with Crippen LogP contribution in [0.3, 0.4) is 0 Å². The number of nitrogens with one attached hydrogen (secondary N) is 1. The molecule has 6 atom stereocenters. The van der Waals surface area contributed by atoms with Crippen molar-refractivity contribution >= 4 is 35.7 Å².